The van der Waals surface area contributed by atoms with Crippen molar-refractivity contribution >= 4 is 27.5 Å². The number of piperidine rings is 1. The van der Waals surface area contributed by atoms with Crippen LogP contribution in [0.3, 0.4) is 0 Å². The number of phenolic OH excluding ortho intramolecular Hbond substituents is 1. The van der Waals surface area contributed by atoms with Crippen LogP contribution in [0.1, 0.15) is 50.5 Å². The highest BCUT2D eigenvalue weighted by Gasteiger charge is 2.56. The number of terminal acetylenes is 1. The Balaban J connectivity index is 1.08. The van der Waals surface area contributed by atoms with Crippen LogP contribution >= 0.6 is 0 Å². The first-order valence-electron chi connectivity index (χ1n) is 18.4. The molecule has 2 aromatic heterocycles. The summed E-state index contributed by atoms with van der Waals surface area (Å²) < 4.78 is 59.2. The summed E-state index contributed by atoms with van der Waals surface area (Å²) in [6.45, 7) is 3.96. The van der Waals surface area contributed by atoms with Crippen molar-refractivity contribution < 1.29 is 27.8 Å². The molecule has 4 atom stereocenters. The van der Waals surface area contributed by atoms with E-state index in [4.69, 9.17) is 20.9 Å². The molecule has 5 fully saturated rings. The molecule has 1 spiro atoms. The van der Waals surface area contributed by atoms with E-state index in [1.807, 2.05) is 0 Å². The number of aromatic nitrogens is 3. The van der Waals surface area contributed by atoms with Crippen LogP contribution in [-0.2, 0) is 0 Å². The van der Waals surface area contributed by atoms with Crippen molar-refractivity contribution in [3.8, 4) is 47.3 Å². The Labute approximate surface area is 305 Å². The molecular weight excluding hydrogens is 683 g/mol. The zero-order chi connectivity index (χ0) is 36.6. The van der Waals surface area contributed by atoms with E-state index in [-0.39, 0.29) is 68.3 Å². The molecule has 0 radical (unpaired) electrons. The van der Waals surface area contributed by atoms with Crippen molar-refractivity contribution in [3.63, 3.8) is 0 Å². The van der Waals surface area contributed by atoms with E-state index in [1.54, 1.807) is 0 Å². The summed E-state index contributed by atoms with van der Waals surface area (Å²) in [7, 11) is 1.44. The van der Waals surface area contributed by atoms with Crippen LogP contribution in [-0.4, -0.2) is 89.7 Å². The third-order valence-electron chi connectivity index (χ3n) is 12.5. The minimum Gasteiger partial charge on any atom is -0.508 e. The number of alkyl halides is 1. The van der Waals surface area contributed by atoms with Gasteiger partial charge in [0.25, 0.3) is 0 Å². The van der Waals surface area contributed by atoms with Crippen LogP contribution < -0.4 is 19.7 Å². The quantitative estimate of drug-likeness (QED) is 0.213. The van der Waals surface area contributed by atoms with E-state index in [0.717, 1.165) is 58.2 Å². The number of likely N-dealkylation sites (tertiary alicyclic amines) is 1. The fourth-order valence-corrected chi connectivity index (χ4v) is 9.33. The number of phenols is 1. The number of pyridine rings is 1. The maximum absolute atomic E-state index is 17.2. The predicted octanol–water partition coefficient (Wildman–Crippen LogP) is 5.88. The number of aromatic hydroxyl groups is 1. The molecule has 4 unspecified atom stereocenters. The Kier molecular flexibility index (Phi) is 8.09. The number of anilines is 1. The van der Waals surface area contributed by atoms with Gasteiger partial charge in [0, 0.05) is 53.5 Å². The smallest absolute Gasteiger partial charge is 0.319 e. The lowest BCUT2D eigenvalue weighted by Gasteiger charge is -2.53. The van der Waals surface area contributed by atoms with Gasteiger partial charge in [-0.2, -0.15) is 15.2 Å². The number of hydrogen-bond donors (Lipinski definition) is 2. The molecular formula is C40H40F3N7O3. The summed E-state index contributed by atoms with van der Waals surface area (Å²) in [5, 5.41) is 24.4. The van der Waals surface area contributed by atoms with Gasteiger partial charge in [0.2, 0.25) is 5.88 Å². The van der Waals surface area contributed by atoms with E-state index >= 15 is 8.78 Å². The van der Waals surface area contributed by atoms with Crippen LogP contribution in [0.25, 0.3) is 32.9 Å². The molecule has 4 aromatic rings. The second kappa shape index (κ2) is 12.6. The highest BCUT2D eigenvalue weighted by molar-refractivity contribution is 6.04. The van der Waals surface area contributed by atoms with E-state index in [2.05, 4.69) is 37.1 Å². The number of halogens is 3. The Hall–Kier alpha value is -4.85. The standard InChI is InChI=1S/C40H40F3N7O3/c1-3-27-29(41)7-4-22-14-26(51)15-28(30(22)27)33-32(42)34-31(37(46-33)52-2)36(50-18-24-5-6-25(19-50)45-24)48-38(47-34)53-21-39(8-9-39)20-49-12-10-40(11-13-49)16-23(17-44)35(40)43/h1,4,7,14-15,23-25,35,45,51H,5-6,8-13,16,18-21H2,2H3. The van der Waals surface area contributed by atoms with Crippen LogP contribution in [0.4, 0.5) is 19.0 Å². The molecule has 2 N–H and O–H groups in total. The van der Waals surface area contributed by atoms with Crippen LogP contribution in [0.15, 0.2) is 24.3 Å². The maximum atomic E-state index is 17.2. The van der Waals surface area contributed by atoms with Gasteiger partial charge >= 0.3 is 6.01 Å². The number of piperazine rings is 1. The van der Waals surface area contributed by atoms with Crippen molar-refractivity contribution in [2.45, 2.75) is 63.2 Å². The molecule has 2 aliphatic carbocycles. The summed E-state index contributed by atoms with van der Waals surface area (Å²) in [4.78, 5) is 18.6. The highest BCUT2D eigenvalue weighted by atomic mass is 19.1. The second-order valence-corrected chi connectivity index (χ2v) is 15.8. The number of methoxy groups -OCH3 is 1. The number of benzene rings is 2. The number of ether oxygens (including phenoxy) is 2. The average molecular weight is 724 g/mol. The average Bonchev–Trinajstić information content (AvgIpc) is 3.86. The Morgan fingerprint density at radius 3 is 2.47 bits per heavy atom. The summed E-state index contributed by atoms with van der Waals surface area (Å²) in [6, 6.07) is 8.06. The van der Waals surface area contributed by atoms with E-state index in [0.29, 0.717) is 42.7 Å². The third-order valence-corrected chi connectivity index (χ3v) is 12.5. The zero-order valence-electron chi connectivity index (χ0n) is 29.5. The van der Waals surface area contributed by atoms with Crippen molar-refractivity contribution in [3.05, 3.63) is 41.5 Å². The lowest BCUT2D eigenvalue weighted by atomic mass is 9.56. The molecule has 2 aromatic carbocycles. The number of rotatable bonds is 8. The molecule has 10 nitrogen and oxygen atoms in total. The van der Waals surface area contributed by atoms with E-state index in [1.165, 1.54) is 31.4 Å². The second-order valence-electron chi connectivity index (χ2n) is 15.8. The van der Waals surface area contributed by atoms with Gasteiger partial charge < -0.3 is 29.7 Å². The van der Waals surface area contributed by atoms with E-state index < -0.39 is 23.7 Å². The lowest BCUT2D eigenvalue weighted by Crippen LogP contribution is -2.55. The summed E-state index contributed by atoms with van der Waals surface area (Å²) in [6.07, 6.45) is 10.8. The van der Waals surface area contributed by atoms with Crippen LogP contribution in [0.5, 0.6) is 17.6 Å². The minimum absolute atomic E-state index is 0.0220. The molecule has 3 aliphatic heterocycles. The number of nitriles is 1. The van der Waals surface area contributed by atoms with Gasteiger partial charge in [-0.25, -0.2) is 18.2 Å². The molecule has 53 heavy (non-hydrogen) atoms. The normalized spacial score (nSPS) is 25.6. The fourth-order valence-electron chi connectivity index (χ4n) is 9.33. The van der Waals surface area contributed by atoms with Gasteiger partial charge in [-0.3, -0.25) is 0 Å². The summed E-state index contributed by atoms with van der Waals surface area (Å²) in [5.41, 5.74) is -0.755. The molecule has 13 heteroatoms. The number of nitrogens with one attached hydrogen (secondary N) is 1. The van der Waals surface area contributed by atoms with Gasteiger partial charge in [0.05, 0.1) is 31.3 Å². The molecule has 274 valence electrons. The molecule has 3 saturated heterocycles. The lowest BCUT2D eigenvalue weighted by molar-refractivity contribution is -0.0856. The molecule has 2 bridgehead atoms. The molecule has 9 rings (SSSR count). The first-order valence-corrected chi connectivity index (χ1v) is 18.4. The van der Waals surface area contributed by atoms with Gasteiger partial charge in [-0.05, 0) is 81.6 Å². The van der Waals surface area contributed by atoms with Crippen molar-refractivity contribution in [1.29, 1.82) is 5.26 Å². The van der Waals surface area contributed by atoms with Gasteiger partial charge in [0.15, 0.2) is 5.82 Å². The van der Waals surface area contributed by atoms with Crippen molar-refractivity contribution in [1.82, 2.24) is 25.2 Å². The van der Waals surface area contributed by atoms with Crippen LogP contribution in [0.2, 0.25) is 0 Å². The molecule has 5 heterocycles. The summed E-state index contributed by atoms with van der Waals surface area (Å²) >= 11 is 0. The Bertz CT molecular complexity index is 2210. The van der Waals surface area contributed by atoms with Gasteiger partial charge in [-0.1, -0.05) is 12.0 Å². The fraction of sp³-hybridized carbons (Fsp3) is 0.500. The number of hydrogen-bond acceptors (Lipinski definition) is 10. The third kappa shape index (κ3) is 5.67. The minimum atomic E-state index is -1.04. The first kappa shape index (κ1) is 34.0. The Morgan fingerprint density at radius 1 is 1.06 bits per heavy atom. The van der Waals surface area contributed by atoms with Crippen molar-refractivity contribution in [2.75, 3.05) is 51.3 Å². The molecule has 0 amide bonds. The highest BCUT2D eigenvalue weighted by Crippen LogP contribution is 2.55. The largest absolute Gasteiger partial charge is 0.508 e. The number of fused-ring (bicyclic) bond motifs is 4. The number of nitrogens with zero attached hydrogens (tertiary/aromatic N) is 6. The van der Waals surface area contributed by atoms with Crippen LogP contribution in [0, 0.1) is 52.1 Å². The Morgan fingerprint density at radius 2 is 1.81 bits per heavy atom. The maximum Gasteiger partial charge on any atom is 0.319 e. The predicted molar refractivity (Wildman–Crippen MR) is 192 cm³/mol. The van der Waals surface area contributed by atoms with Crippen molar-refractivity contribution in [2.24, 2.45) is 16.7 Å². The summed E-state index contributed by atoms with van der Waals surface area (Å²) in [5.74, 6) is 0.791. The van der Waals surface area contributed by atoms with Gasteiger partial charge in [-0.15, -0.1) is 6.42 Å². The molecule has 5 aliphatic rings. The monoisotopic (exact) mass is 723 g/mol. The van der Waals surface area contributed by atoms with Gasteiger partial charge in [0.1, 0.15) is 40.2 Å². The first-order chi connectivity index (χ1) is 25.6. The zero-order valence-corrected chi connectivity index (χ0v) is 29.5. The van der Waals surface area contributed by atoms with E-state index in [9.17, 15) is 14.8 Å². The molecule has 2 saturated carbocycles. The topological polar surface area (TPSA) is 120 Å². The SMILES string of the molecule is C#Cc1c(F)ccc2cc(O)cc(-c3nc(OC)c4c(N5CC6CCC(C5)N6)nc(OCC5(CN6CCC7(CC6)CC(C#N)C7F)CC5)nc4c3F)c12.